The van der Waals surface area contributed by atoms with Crippen LogP contribution in [0.3, 0.4) is 0 Å². The van der Waals surface area contributed by atoms with E-state index in [9.17, 15) is 0 Å². The highest BCUT2D eigenvalue weighted by Crippen LogP contribution is 2.18. The summed E-state index contributed by atoms with van der Waals surface area (Å²) >= 11 is 0. The van der Waals surface area contributed by atoms with E-state index in [2.05, 4.69) is 0 Å². The third-order valence-corrected chi connectivity index (χ3v) is 2.43. The van der Waals surface area contributed by atoms with Gasteiger partial charge in [-0.3, -0.25) is 0 Å². The van der Waals surface area contributed by atoms with Crippen molar-refractivity contribution in [3.05, 3.63) is 29.8 Å². The lowest BCUT2D eigenvalue weighted by Crippen LogP contribution is -2.41. The van der Waals surface area contributed by atoms with Gasteiger partial charge in [0.2, 0.25) is 0 Å². The quantitative estimate of drug-likeness (QED) is 0.664. The van der Waals surface area contributed by atoms with E-state index in [-0.39, 0.29) is 13.2 Å². The lowest BCUT2D eigenvalue weighted by atomic mass is 10.0. The first kappa shape index (κ1) is 13.0. The molecule has 0 aliphatic carbocycles. The van der Waals surface area contributed by atoms with Crippen LogP contribution >= 0.6 is 0 Å². The molecule has 16 heavy (non-hydrogen) atoms. The molecule has 0 heterocycles. The lowest BCUT2D eigenvalue weighted by molar-refractivity contribution is 0.173. The molecule has 4 heteroatoms. The number of nitrogens with two attached hydrogens (primary N) is 1. The van der Waals surface area contributed by atoms with Crippen molar-refractivity contribution in [2.75, 3.05) is 13.2 Å². The van der Waals surface area contributed by atoms with Crippen LogP contribution in [-0.4, -0.2) is 29.0 Å². The third kappa shape index (κ3) is 3.81. The molecule has 0 fully saturated rings. The third-order valence-electron chi connectivity index (χ3n) is 2.43. The molecule has 4 nitrogen and oxygen atoms in total. The number of para-hydroxylation sites is 1. The van der Waals surface area contributed by atoms with E-state index in [1.165, 1.54) is 0 Å². The summed E-state index contributed by atoms with van der Waals surface area (Å²) in [6.07, 6.45) is 0.559. The number of hydrogen-bond donors (Lipinski definition) is 3. The first-order valence-corrected chi connectivity index (χ1v) is 5.30. The molecular weight excluding hydrogens is 206 g/mol. The molecule has 0 aliphatic rings. The average Bonchev–Trinajstić information content (AvgIpc) is 2.29. The van der Waals surface area contributed by atoms with Crippen molar-refractivity contribution in [2.45, 2.75) is 25.5 Å². The van der Waals surface area contributed by atoms with Crippen LogP contribution in [0.2, 0.25) is 0 Å². The highest BCUT2D eigenvalue weighted by Gasteiger charge is 2.16. The Labute approximate surface area is 95.7 Å². The van der Waals surface area contributed by atoms with Crippen LogP contribution in [-0.2, 0) is 6.61 Å². The molecule has 0 saturated heterocycles. The lowest BCUT2D eigenvalue weighted by Gasteiger charge is -2.21. The van der Waals surface area contributed by atoms with E-state index in [4.69, 9.17) is 20.7 Å². The molecule has 0 saturated carbocycles. The van der Waals surface area contributed by atoms with Gasteiger partial charge in [0.25, 0.3) is 0 Å². The largest absolute Gasteiger partial charge is 0.493 e. The number of benzene rings is 1. The van der Waals surface area contributed by atoms with E-state index in [0.717, 1.165) is 5.56 Å². The maximum Gasteiger partial charge on any atom is 0.124 e. The molecule has 0 amide bonds. The van der Waals surface area contributed by atoms with E-state index in [0.29, 0.717) is 18.8 Å². The van der Waals surface area contributed by atoms with Crippen LogP contribution < -0.4 is 10.5 Å². The standard InChI is InChI=1S/C12H19NO3/c1-12(13,9-15)6-7-16-11-5-3-2-4-10(11)8-14/h2-5,14-15H,6-9,13H2,1H3. The smallest absolute Gasteiger partial charge is 0.124 e. The molecule has 0 bridgehead atoms. The predicted octanol–water partition coefficient (Wildman–Crippen LogP) is 0.657. The molecular formula is C12H19NO3. The van der Waals surface area contributed by atoms with Gasteiger partial charge in [-0.05, 0) is 13.0 Å². The van der Waals surface area contributed by atoms with Gasteiger partial charge in [-0.2, -0.15) is 0 Å². The maximum absolute atomic E-state index is 9.08. The Kier molecular flexibility index (Phi) is 4.73. The number of hydrogen-bond acceptors (Lipinski definition) is 4. The first-order chi connectivity index (χ1) is 7.59. The van der Waals surface area contributed by atoms with Crippen molar-refractivity contribution in [2.24, 2.45) is 5.73 Å². The van der Waals surface area contributed by atoms with E-state index >= 15 is 0 Å². The minimum atomic E-state index is -0.617. The summed E-state index contributed by atoms with van der Waals surface area (Å²) in [5, 5.41) is 18.1. The van der Waals surface area contributed by atoms with Crippen LogP contribution in [0.15, 0.2) is 24.3 Å². The number of aliphatic hydroxyl groups excluding tert-OH is 2. The van der Waals surface area contributed by atoms with Crippen molar-refractivity contribution in [1.29, 1.82) is 0 Å². The minimum absolute atomic E-state index is 0.0456. The van der Waals surface area contributed by atoms with Gasteiger partial charge in [0.1, 0.15) is 5.75 Å². The zero-order chi connectivity index (χ0) is 12.0. The summed E-state index contributed by atoms with van der Waals surface area (Å²) in [6, 6.07) is 7.31. The molecule has 0 spiro atoms. The van der Waals surface area contributed by atoms with Gasteiger partial charge in [0, 0.05) is 17.5 Å². The fourth-order valence-electron chi connectivity index (χ4n) is 1.25. The Morgan fingerprint density at radius 1 is 1.31 bits per heavy atom. The second kappa shape index (κ2) is 5.84. The summed E-state index contributed by atoms with van der Waals surface area (Å²) in [6.45, 7) is 2.08. The van der Waals surface area contributed by atoms with Crippen LogP contribution in [0.1, 0.15) is 18.9 Å². The van der Waals surface area contributed by atoms with E-state index in [1.54, 1.807) is 13.0 Å². The topological polar surface area (TPSA) is 75.7 Å². The average molecular weight is 225 g/mol. The minimum Gasteiger partial charge on any atom is -0.493 e. The summed E-state index contributed by atoms with van der Waals surface area (Å²) in [4.78, 5) is 0. The molecule has 1 atom stereocenters. The van der Waals surface area contributed by atoms with Gasteiger partial charge < -0.3 is 20.7 Å². The Hall–Kier alpha value is -1.10. The Bertz CT molecular complexity index is 326. The van der Waals surface area contributed by atoms with Gasteiger partial charge in [0.05, 0.1) is 19.8 Å². The number of ether oxygens (including phenoxy) is 1. The summed E-state index contributed by atoms with van der Waals surface area (Å²) < 4.78 is 5.51. The Balaban J connectivity index is 2.49. The molecule has 0 radical (unpaired) electrons. The van der Waals surface area contributed by atoms with Crippen LogP contribution in [0.5, 0.6) is 5.75 Å². The van der Waals surface area contributed by atoms with Gasteiger partial charge in [0.15, 0.2) is 0 Å². The van der Waals surface area contributed by atoms with Gasteiger partial charge >= 0.3 is 0 Å². The second-order valence-electron chi connectivity index (χ2n) is 4.18. The van der Waals surface area contributed by atoms with E-state index < -0.39 is 5.54 Å². The molecule has 4 N–H and O–H groups in total. The fourth-order valence-corrected chi connectivity index (χ4v) is 1.25. The number of rotatable bonds is 6. The normalized spacial score (nSPS) is 14.5. The molecule has 1 unspecified atom stereocenters. The summed E-state index contributed by atoms with van der Waals surface area (Å²) in [5.41, 5.74) is 5.91. The van der Waals surface area contributed by atoms with Crippen molar-refractivity contribution in [3.63, 3.8) is 0 Å². The van der Waals surface area contributed by atoms with Gasteiger partial charge in [-0.25, -0.2) is 0 Å². The van der Waals surface area contributed by atoms with Crippen molar-refractivity contribution < 1.29 is 14.9 Å². The number of aliphatic hydroxyl groups is 2. The van der Waals surface area contributed by atoms with E-state index in [1.807, 2.05) is 18.2 Å². The molecule has 0 aliphatic heterocycles. The maximum atomic E-state index is 9.08. The molecule has 1 aromatic carbocycles. The van der Waals surface area contributed by atoms with Gasteiger partial charge in [-0.15, -0.1) is 0 Å². The van der Waals surface area contributed by atoms with Crippen LogP contribution in [0.25, 0.3) is 0 Å². The monoisotopic (exact) mass is 225 g/mol. The zero-order valence-electron chi connectivity index (χ0n) is 9.52. The highest BCUT2D eigenvalue weighted by molar-refractivity contribution is 5.32. The fraction of sp³-hybridized carbons (Fsp3) is 0.500. The summed E-state index contributed by atoms with van der Waals surface area (Å²) in [7, 11) is 0. The Morgan fingerprint density at radius 3 is 2.62 bits per heavy atom. The first-order valence-electron chi connectivity index (χ1n) is 5.30. The molecule has 1 rings (SSSR count). The van der Waals surface area contributed by atoms with Crippen LogP contribution in [0, 0.1) is 0 Å². The molecule has 0 aromatic heterocycles. The van der Waals surface area contributed by atoms with Crippen molar-refractivity contribution in [1.82, 2.24) is 0 Å². The molecule has 90 valence electrons. The zero-order valence-corrected chi connectivity index (χ0v) is 9.52. The van der Waals surface area contributed by atoms with Crippen molar-refractivity contribution in [3.8, 4) is 5.75 Å². The SMILES string of the molecule is CC(N)(CO)CCOc1ccccc1CO. The predicted molar refractivity (Wildman–Crippen MR) is 62.2 cm³/mol. The van der Waals surface area contributed by atoms with Crippen molar-refractivity contribution >= 4 is 0 Å². The van der Waals surface area contributed by atoms with Gasteiger partial charge in [-0.1, -0.05) is 18.2 Å². The summed E-state index contributed by atoms with van der Waals surface area (Å²) in [5.74, 6) is 0.665. The van der Waals surface area contributed by atoms with Crippen LogP contribution in [0.4, 0.5) is 0 Å². The highest BCUT2D eigenvalue weighted by atomic mass is 16.5. The molecule has 1 aromatic rings. The second-order valence-corrected chi connectivity index (χ2v) is 4.18. The Morgan fingerprint density at radius 2 is 2.00 bits per heavy atom.